The van der Waals surface area contributed by atoms with Gasteiger partial charge in [-0.15, -0.1) is 0 Å². The van der Waals surface area contributed by atoms with Gasteiger partial charge in [-0.05, 0) is 6.07 Å². The summed E-state index contributed by atoms with van der Waals surface area (Å²) in [6, 6.07) is 1.89. The molecule has 2 rings (SSSR count). The average molecular weight is 230 g/mol. The summed E-state index contributed by atoms with van der Waals surface area (Å²) in [5, 5.41) is 14.5. The summed E-state index contributed by atoms with van der Waals surface area (Å²) in [5.74, 6) is 3.39. The highest BCUT2D eigenvalue weighted by atomic mass is 32.2. The van der Waals surface area contributed by atoms with Crippen LogP contribution in [0.5, 0.6) is 0 Å². The Morgan fingerprint density at radius 3 is 3.07 bits per heavy atom. The van der Waals surface area contributed by atoms with E-state index in [0.717, 1.165) is 17.2 Å². The fourth-order valence-corrected chi connectivity index (χ4v) is 4.29. The van der Waals surface area contributed by atoms with Crippen molar-refractivity contribution < 1.29 is 5.11 Å². The number of aromatic nitrogens is 2. The van der Waals surface area contributed by atoms with Gasteiger partial charge in [-0.25, -0.2) is 0 Å². The summed E-state index contributed by atoms with van der Waals surface area (Å²) in [5.41, 5.74) is 0.921. The van der Waals surface area contributed by atoms with Crippen molar-refractivity contribution in [3.05, 3.63) is 18.0 Å². The van der Waals surface area contributed by atoms with Gasteiger partial charge in [0, 0.05) is 35.8 Å². The van der Waals surface area contributed by atoms with Gasteiger partial charge in [0.25, 0.3) is 0 Å². The van der Waals surface area contributed by atoms with Crippen molar-refractivity contribution in [1.82, 2.24) is 9.78 Å². The van der Waals surface area contributed by atoms with E-state index in [-0.39, 0.29) is 6.10 Å². The molecule has 2 heterocycles. The van der Waals surface area contributed by atoms with Crippen molar-refractivity contribution >= 4 is 23.5 Å². The van der Waals surface area contributed by atoms with Gasteiger partial charge in [0.05, 0.1) is 5.69 Å². The second-order valence-electron chi connectivity index (χ2n) is 3.31. The van der Waals surface area contributed by atoms with Crippen molar-refractivity contribution in [3.8, 4) is 0 Å². The minimum absolute atomic E-state index is 0.323. The summed E-state index contributed by atoms with van der Waals surface area (Å²) in [7, 11) is 1.87. The molecule has 0 radical (unpaired) electrons. The van der Waals surface area contributed by atoms with Crippen LogP contribution in [0.4, 0.5) is 0 Å². The highest BCUT2D eigenvalue weighted by molar-refractivity contribution is 8.06. The predicted octanol–water partition coefficient (Wildman–Crippen LogP) is 1.30. The van der Waals surface area contributed by atoms with Crippen LogP contribution in [-0.4, -0.2) is 37.4 Å². The van der Waals surface area contributed by atoms with E-state index in [1.165, 1.54) is 5.75 Å². The Morgan fingerprint density at radius 2 is 2.50 bits per heavy atom. The van der Waals surface area contributed by atoms with Gasteiger partial charge < -0.3 is 5.11 Å². The third kappa shape index (κ3) is 2.10. The van der Waals surface area contributed by atoms with Gasteiger partial charge in [-0.2, -0.15) is 28.6 Å². The van der Waals surface area contributed by atoms with Crippen molar-refractivity contribution in [2.45, 2.75) is 11.4 Å². The molecule has 1 aromatic heterocycles. The zero-order valence-corrected chi connectivity index (χ0v) is 9.72. The normalized spacial score (nSPS) is 24.9. The molecule has 0 aliphatic carbocycles. The van der Waals surface area contributed by atoms with Gasteiger partial charge in [-0.1, -0.05) is 0 Å². The van der Waals surface area contributed by atoms with Crippen LogP contribution in [0, 0.1) is 0 Å². The second-order valence-corrected chi connectivity index (χ2v) is 5.81. The fraction of sp³-hybridized carbons (Fsp3) is 0.667. The number of nitrogens with zero attached hydrogens (tertiary/aromatic N) is 2. The van der Waals surface area contributed by atoms with Crippen LogP contribution in [0.25, 0.3) is 0 Å². The van der Waals surface area contributed by atoms with Crippen molar-refractivity contribution in [3.63, 3.8) is 0 Å². The molecule has 0 saturated carbocycles. The quantitative estimate of drug-likeness (QED) is 0.831. The van der Waals surface area contributed by atoms with Gasteiger partial charge >= 0.3 is 0 Å². The molecular weight excluding hydrogens is 216 g/mol. The Balaban J connectivity index is 2.07. The SMILES string of the molecule is Cn1nccc1C(O)C1CSCCS1. The number of aliphatic hydroxyl groups is 1. The molecule has 2 unspecified atom stereocenters. The van der Waals surface area contributed by atoms with E-state index in [2.05, 4.69) is 5.10 Å². The Hall–Kier alpha value is -0.130. The summed E-state index contributed by atoms with van der Waals surface area (Å²) in [4.78, 5) is 0. The van der Waals surface area contributed by atoms with Crippen LogP contribution in [0.1, 0.15) is 11.8 Å². The number of aryl methyl sites for hydroxylation is 1. The summed E-state index contributed by atoms with van der Waals surface area (Å²) >= 11 is 3.79. The van der Waals surface area contributed by atoms with Crippen LogP contribution < -0.4 is 0 Å². The van der Waals surface area contributed by atoms with Crippen molar-refractivity contribution in [1.29, 1.82) is 0 Å². The van der Waals surface area contributed by atoms with E-state index in [9.17, 15) is 5.11 Å². The lowest BCUT2D eigenvalue weighted by Crippen LogP contribution is -2.24. The second kappa shape index (κ2) is 4.59. The molecule has 1 aromatic rings. The first kappa shape index (κ1) is 10.4. The van der Waals surface area contributed by atoms with E-state index in [1.54, 1.807) is 10.9 Å². The van der Waals surface area contributed by atoms with Crippen molar-refractivity contribution in [2.24, 2.45) is 7.05 Å². The highest BCUT2D eigenvalue weighted by Gasteiger charge is 2.25. The monoisotopic (exact) mass is 230 g/mol. The lowest BCUT2D eigenvalue weighted by Gasteiger charge is -2.25. The molecule has 1 N–H and O–H groups in total. The lowest BCUT2D eigenvalue weighted by atomic mass is 10.2. The van der Waals surface area contributed by atoms with Crippen LogP contribution in [0.15, 0.2) is 12.3 Å². The standard InChI is InChI=1S/C9H14N2OS2/c1-11-7(2-3-10-11)9(12)8-6-13-4-5-14-8/h2-3,8-9,12H,4-6H2,1H3. The molecule has 0 bridgehead atoms. The van der Waals surface area contributed by atoms with Gasteiger partial charge in [-0.3, -0.25) is 4.68 Å². The maximum Gasteiger partial charge on any atom is 0.108 e. The number of hydrogen-bond acceptors (Lipinski definition) is 4. The van der Waals surface area contributed by atoms with E-state index in [1.807, 2.05) is 36.6 Å². The first-order chi connectivity index (χ1) is 6.79. The number of thioether (sulfide) groups is 2. The van der Waals surface area contributed by atoms with E-state index in [4.69, 9.17) is 0 Å². The Labute approximate surface area is 92.3 Å². The Bertz CT molecular complexity index is 297. The summed E-state index contributed by atoms with van der Waals surface area (Å²) < 4.78 is 1.75. The smallest absolute Gasteiger partial charge is 0.108 e. The molecule has 1 aliphatic rings. The fourth-order valence-electron chi connectivity index (χ4n) is 1.55. The van der Waals surface area contributed by atoms with Crippen LogP contribution >= 0.6 is 23.5 Å². The van der Waals surface area contributed by atoms with Gasteiger partial charge in [0.15, 0.2) is 0 Å². The minimum atomic E-state index is -0.375. The molecular formula is C9H14N2OS2. The maximum atomic E-state index is 10.1. The molecule has 1 saturated heterocycles. The van der Waals surface area contributed by atoms with Crippen LogP contribution in [0.3, 0.4) is 0 Å². The van der Waals surface area contributed by atoms with E-state index < -0.39 is 0 Å². The number of hydrogen-bond donors (Lipinski definition) is 1. The van der Waals surface area contributed by atoms with Gasteiger partial charge in [0.2, 0.25) is 0 Å². The largest absolute Gasteiger partial charge is 0.386 e. The molecule has 1 fully saturated rings. The molecule has 0 amide bonds. The first-order valence-corrected chi connectivity index (χ1v) is 6.84. The topological polar surface area (TPSA) is 38.0 Å². The van der Waals surface area contributed by atoms with Gasteiger partial charge in [0.1, 0.15) is 6.10 Å². The molecule has 78 valence electrons. The molecule has 0 aromatic carbocycles. The predicted molar refractivity (Wildman–Crippen MR) is 61.7 cm³/mol. The molecule has 0 spiro atoms. The third-order valence-electron chi connectivity index (χ3n) is 2.36. The number of rotatable bonds is 2. The summed E-state index contributed by atoms with van der Waals surface area (Å²) in [6.07, 6.45) is 1.36. The van der Waals surface area contributed by atoms with Crippen molar-refractivity contribution in [2.75, 3.05) is 17.3 Å². The summed E-state index contributed by atoms with van der Waals surface area (Å²) in [6.45, 7) is 0. The highest BCUT2D eigenvalue weighted by Crippen LogP contribution is 2.33. The minimum Gasteiger partial charge on any atom is -0.386 e. The molecule has 3 nitrogen and oxygen atoms in total. The molecule has 2 atom stereocenters. The van der Waals surface area contributed by atoms with Crippen LogP contribution in [0.2, 0.25) is 0 Å². The van der Waals surface area contributed by atoms with Crippen LogP contribution in [-0.2, 0) is 7.05 Å². The third-order valence-corrected chi connectivity index (χ3v) is 5.21. The van der Waals surface area contributed by atoms with E-state index in [0.29, 0.717) is 5.25 Å². The first-order valence-electron chi connectivity index (χ1n) is 4.64. The molecule has 1 aliphatic heterocycles. The average Bonchev–Trinajstić information content (AvgIpc) is 2.65. The lowest BCUT2D eigenvalue weighted by molar-refractivity contribution is 0.170. The Kier molecular flexibility index (Phi) is 3.41. The molecule has 14 heavy (non-hydrogen) atoms. The zero-order chi connectivity index (χ0) is 9.97. The zero-order valence-electron chi connectivity index (χ0n) is 8.09. The maximum absolute atomic E-state index is 10.1. The number of aliphatic hydroxyl groups excluding tert-OH is 1. The Morgan fingerprint density at radius 1 is 1.64 bits per heavy atom. The van der Waals surface area contributed by atoms with E-state index >= 15 is 0 Å². The molecule has 5 heteroatoms.